The minimum atomic E-state index is -3.50. The number of hydrogen-bond donors (Lipinski definition) is 0. The van der Waals surface area contributed by atoms with E-state index < -0.39 is 9.84 Å². The molecule has 0 aliphatic rings. The molecule has 3 heteroatoms. The van der Waals surface area contributed by atoms with Crippen molar-refractivity contribution in [2.24, 2.45) is 0 Å². The summed E-state index contributed by atoms with van der Waals surface area (Å²) < 4.78 is 26.2. The van der Waals surface area contributed by atoms with Gasteiger partial charge in [-0.3, -0.25) is 0 Å². The van der Waals surface area contributed by atoms with Crippen molar-refractivity contribution in [1.29, 1.82) is 0 Å². The van der Waals surface area contributed by atoms with Crippen molar-refractivity contribution in [2.45, 2.75) is 29.6 Å². The standard InChI is InChI=1S/C21H20O2S/c1-17-9-5-7-13-20(17)24(22,23)21-14-8-6-12-19(21)16-15-18-10-3-2-4-11-18/h2-14H,15-16H2,1H3. The second-order valence-electron chi connectivity index (χ2n) is 5.86. The number of sulfone groups is 1. The van der Waals surface area contributed by atoms with E-state index in [1.807, 2.05) is 49.4 Å². The van der Waals surface area contributed by atoms with Gasteiger partial charge < -0.3 is 0 Å². The second kappa shape index (κ2) is 7.02. The van der Waals surface area contributed by atoms with Gasteiger partial charge >= 0.3 is 0 Å². The van der Waals surface area contributed by atoms with Gasteiger partial charge in [-0.15, -0.1) is 0 Å². The molecule has 0 aliphatic heterocycles. The molecule has 0 spiro atoms. The van der Waals surface area contributed by atoms with Crippen LogP contribution in [0.1, 0.15) is 16.7 Å². The molecule has 0 radical (unpaired) electrons. The molecule has 0 N–H and O–H groups in total. The van der Waals surface area contributed by atoms with Crippen LogP contribution in [-0.4, -0.2) is 8.42 Å². The highest BCUT2D eigenvalue weighted by Crippen LogP contribution is 2.27. The van der Waals surface area contributed by atoms with E-state index in [2.05, 4.69) is 12.1 Å². The quantitative estimate of drug-likeness (QED) is 0.681. The van der Waals surface area contributed by atoms with Crippen LogP contribution in [0.5, 0.6) is 0 Å². The second-order valence-corrected chi connectivity index (χ2v) is 7.75. The van der Waals surface area contributed by atoms with Crippen molar-refractivity contribution in [1.82, 2.24) is 0 Å². The largest absolute Gasteiger partial charge is 0.218 e. The van der Waals surface area contributed by atoms with Gasteiger partial charge in [0.05, 0.1) is 9.79 Å². The Labute approximate surface area is 143 Å². The molecule has 0 bridgehead atoms. The van der Waals surface area contributed by atoms with Gasteiger partial charge in [0.25, 0.3) is 0 Å². The third-order valence-electron chi connectivity index (χ3n) is 4.17. The summed E-state index contributed by atoms with van der Waals surface area (Å²) in [4.78, 5) is 0.799. The molecule has 3 aromatic rings. The van der Waals surface area contributed by atoms with E-state index in [4.69, 9.17) is 0 Å². The number of aryl methyl sites for hydroxylation is 3. The number of benzene rings is 3. The molecule has 0 saturated carbocycles. The summed E-state index contributed by atoms with van der Waals surface area (Å²) in [5, 5.41) is 0. The minimum Gasteiger partial charge on any atom is -0.218 e. The van der Waals surface area contributed by atoms with E-state index in [1.54, 1.807) is 24.3 Å². The Hall–Kier alpha value is -2.39. The third kappa shape index (κ3) is 3.41. The molecule has 3 rings (SSSR count). The topological polar surface area (TPSA) is 34.1 Å². The van der Waals surface area contributed by atoms with Gasteiger partial charge in [0.1, 0.15) is 0 Å². The van der Waals surface area contributed by atoms with Gasteiger partial charge in [0, 0.05) is 0 Å². The fraction of sp³-hybridized carbons (Fsp3) is 0.143. The summed E-state index contributed by atoms with van der Waals surface area (Å²) in [7, 11) is -3.50. The zero-order chi connectivity index (χ0) is 17.0. The molecule has 0 saturated heterocycles. The van der Waals surface area contributed by atoms with Crippen LogP contribution < -0.4 is 0 Å². The van der Waals surface area contributed by atoms with Crippen LogP contribution in [-0.2, 0) is 22.7 Å². The van der Waals surface area contributed by atoms with E-state index in [9.17, 15) is 8.42 Å². The lowest BCUT2D eigenvalue weighted by Gasteiger charge is -2.12. The summed E-state index contributed by atoms with van der Waals surface area (Å²) in [5.41, 5.74) is 2.85. The molecule has 0 heterocycles. The van der Waals surface area contributed by atoms with Crippen LogP contribution in [0, 0.1) is 6.92 Å². The van der Waals surface area contributed by atoms with Crippen LogP contribution >= 0.6 is 0 Å². The van der Waals surface area contributed by atoms with E-state index in [0.717, 1.165) is 17.5 Å². The van der Waals surface area contributed by atoms with Gasteiger partial charge in [-0.05, 0) is 48.6 Å². The summed E-state index contributed by atoms with van der Waals surface area (Å²) in [6.07, 6.45) is 1.52. The van der Waals surface area contributed by atoms with Crippen molar-refractivity contribution >= 4 is 9.84 Å². The van der Waals surface area contributed by atoms with Crippen molar-refractivity contribution in [3.05, 3.63) is 95.6 Å². The molecule has 2 nitrogen and oxygen atoms in total. The van der Waals surface area contributed by atoms with Gasteiger partial charge in [-0.1, -0.05) is 66.7 Å². The molecule has 122 valence electrons. The minimum absolute atomic E-state index is 0.386. The highest BCUT2D eigenvalue weighted by Gasteiger charge is 2.22. The van der Waals surface area contributed by atoms with E-state index >= 15 is 0 Å². The van der Waals surface area contributed by atoms with Gasteiger partial charge in [-0.2, -0.15) is 0 Å². The maximum Gasteiger partial charge on any atom is 0.207 e. The first-order valence-electron chi connectivity index (χ1n) is 8.01. The SMILES string of the molecule is Cc1ccccc1S(=O)(=O)c1ccccc1CCc1ccccc1. The normalized spacial score (nSPS) is 11.4. The van der Waals surface area contributed by atoms with Crippen LogP contribution in [0.3, 0.4) is 0 Å². The summed E-state index contributed by atoms with van der Waals surface area (Å²) in [6.45, 7) is 1.83. The Morgan fingerprint density at radius 3 is 1.96 bits per heavy atom. The van der Waals surface area contributed by atoms with Gasteiger partial charge in [0.15, 0.2) is 0 Å². The molecule has 24 heavy (non-hydrogen) atoms. The Bertz CT molecular complexity index is 929. The fourth-order valence-corrected chi connectivity index (χ4v) is 4.63. The van der Waals surface area contributed by atoms with Crippen molar-refractivity contribution in [3.8, 4) is 0 Å². The van der Waals surface area contributed by atoms with Crippen LogP contribution in [0.25, 0.3) is 0 Å². The monoisotopic (exact) mass is 336 g/mol. The van der Waals surface area contributed by atoms with Gasteiger partial charge in [-0.25, -0.2) is 8.42 Å². The summed E-state index contributed by atoms with van der Waals surface area (Å²) >= 11 is 0. The number of rotatable bonds is 5. The zero-order valence-corrected chi connectivity index (χ0v) is 14.5. The lowest BCUT2D eigenvalue weighted by atomic mass is 10.0. The van der Waals surface area contributed by atoms with E-state index in [-0.39, 0.29) is 0 Å². The Balaban J connectivity index is 1.96. The Morgan fingerprint density at radius 1 is 0.667 bits per heavy atom. The molecule has 0 aliphatic carbocycles. The maximum absolute atomic E-state index is 13.1. The lowest BCUT2D eigenvalue weighted by molar-refractivity contribution is 0.594. The van der Waals surface area contributed by atoms with Gasteiger partial charge in [0.2, 0.25) is 9.84 Å². The smallest absolute Gasteiger partial charge is 0.207 e. The molecule has 0 amide bonds. The molecule has 0 atom stereocenters. The van der Waals surface area contributed by atoms with Crippen molar-refractivity contribution in [2.75, 3.05) is 0 Å². The van der Waals surface area contributed by atoms with E-state index in [0.29, 0.717) is 16.2 Å². The summed E-state index contributed by atoms with van der Waals surface area (Å²) in [5.74, 6) is 0. The zero-order valence-electron chi connectivity index (χ0n) is 13.6. The highest BCUT2D eigenvalue weighted by molar-refractivity contribution is 7.91. The average Bonchev–Trinajstić information content (AvgIpc) is 2.61. The molecular formula is C21H20O2S. The van der Waals surface area contributed by atoms with Crippen molar-refractivity contribution < 1.29 is 8.42 Å². The van der Waals surface area contributed by atoms with Crippen LogP contribution in [0.4, 0.5) is 0 Å². The molecule has 0 aromatic heterocycles. The Kier molecular flexibility index (Phi) is 4.81. The summed E-state index contributed by atoms with van der Waals surface area (Å²) in [6, 6.07) is 24.6. The number of hydrogen-bond acceptors (Lipinski definition) is 2. The van der Waals surface area contributed by atoms with Crippen LogP contribution in [0.15, 0.2) is 88.7 Å². The fourth-order valence-electron chi connectivity index (χ4n) is 2.87. The van der Waals surface area contributed by atoms with Crippen LogP contribution in [0.2, 0.25) is 0 Å². The molecular weight excluding hydrogens is 316 g/mol. The highest BCUT2D eigenvalue weighted by atomic mass is 32.2. The van der Waals surface area contributed by atoms with Crippen molar-refractivity contribution in [3.63, 3.8) is 0 Å². The predicted molar refractivity (Wildman–Crippen MR) is 96.9 cm³/mol. The molecule has 0 fully saturated rings. The first-order valence-corrected chi connectivity index (χ1v) is 9.50. The molecule has 3 aromatic carbocycles. The molecule has 0 unspecified atom stereocenters. The predicted octanol–water partition coefficient (Wildman–Crippen LogP) is 4.61. The Morgan fingerprint density at radius 2 is 1.25 bits per heavy atom. The maximum atomic E-state index is 13.1. The first kappa shape index (κ1) is 16.5. The average molecular weight is 336 g/mol. The first-order chi connectivity index (χ1) is 11.6. The third-order valence-corrected chi connectivity index (χ3v) is 6.19. The lowest BCUT2D eigenvalue weighted by Crippen LogP contribution is -2.08. The van der Waals surface area contributed by atoms with E-state index in [1.165, 1.54) is 5.56 Å².